The second kappa shape index (κ2) is 7.29. The molecule has 4 rings (SSSR count). The molecule has 0 radical (unpaired) electrons. The number of piperazine rings is 1. The van der Waals surface area contributed by atoms with Gasteiger partial charge in [-0.2, -0.15) is 5.10 Å². The van der Waals surface area contributed by atoms with E-state index in [1.165, 1.54) is 32.1 Å². The highest BCUT2D eigenvalue weighted by molar-refractivity contribution is 5.98. The summed E-state index contributed by atoms with van der Waals surface area (Å²) in [4.78, 5) is 20.9. The van der Waals surface area contributed by atoms with Crippen molar-refractivity contribution >= 4 is 17.6 Å². The van der Waals surface area contributed by atoms with Gasteiger partial charge in [0, 0.05) is 39.9 Å². The van der Waals surface area contributed by atoms with E-state index in [1.807, 2.05) is 18.1 Å². The van der Waals surface area contributed by atoms with E-state index in [0.717, 1.165) is 42.5 Å². The maximum absolute atomic E-state index is 12.6. The number of rotatable bonds is 4. The van der Waals surface area contributed by atoms with Crippen LogP contribution in [0, 0.1) is 17.8 Å². The van der Waals surface area contributed by atoms with E-state index >= 15 is 0 Å². The molecule has 3 unspecified atom stereocenters. The Bertz CT molecular complexity index is 683. The first-order valence-electron chi connectivity index (χ1n) is 9.88. The summed E-state index contributed by atoms with van der Waals surface area (Å²) in [5.41, 5.74) is 0.872. The molecule has 2 saturated carbocycles. The number of nitrogens with zero attached hydrogens (tertiary/aromatic N) is 5. The van der Waals surface area contributed by atoms with Gasteiger partial charge in [0.25, 0.3) is 0 Å². The number of nitrogens with one attached hydrogen (secondary N) is 1. The van der Waals surface area contributed by atoms with Gasteiger partial charge in [-0.3, -0.25) is 14.5 Å². The molecule has 1 aromatic heterocycles. The minimum atomic E-state index is 0.0975. The third kappa shape index (κ3) is 3.44. The van der Waals surface area contributed by atoms with Crippen molar-refractivity contribution in [3.05, 3.63) is 12.4 Å². The van der Waals surface area contributed by atoms with Crippen molar-refractivity contribution < 1.29 is 4.79 Å². The van der Waals surface area contributed by atoms with Crippen LogP contribution in [-0.4, -0.2) is 59.8 Å². The van der Waals surface area contributed by atoms with E-state index in [-0.39, 0.29) is 5.91 Å². The van der Waals surface area contributed by atoms with Gasteiger partial charge in [-0.1, -0.05) is 6.42 Å². The average Bonchev–Trinajstić information content (AvgIpc) is 3.36. The third-order valence-electron chi connectivity index (χ3n) is 6.42. The number of fused-ring (bicyclic) bond motifs is 2. The van der Waals surface area contributed by atoms with Crippen molar-refractivity contribution in [1.82, 2.24) is 20.0 Å². The molecule has 1 aliphatic heterocycles. The Labute approximate surface area is 155 Å². The molecule has 3 fully saturated rings. The Hall–Kier alpha value is -2.05. The van der Waals surface area contributed by atoms with Crippen molar-refractivity contribution in [1.29, 1.82) is 0 Å². The molecule has 7 nitrogen and oxygen atoms in total. The minimum Gasteiger partial charge on any atom is -0.356 e. The van der Waals surface area contributed by atoms with Gasteiger partial charge in [-0.05, 0) is 43.4 Å². The van der Waals surface area contributed by atoms with Crippen LogP contribution in [0.1, 0.15) is 32.1 Å². The lowest BCUT2D eigenvalue weighted by Crippen LogP contribution is -2.55. The SMILES string of the molecule is CN=C(NCCC1CC2CCC1C2)N1CCN(c2cnn(C)c2)C(=O)C1. The molecule has 1 saturated heterocycles. The number of guanidine groups is 1. The predicted molar refractivity (Wildman–Crippen MR) is 102 cm³/mol. The molecule has 142 valence electrons. The van der Waals surface area contributed by atoms with Gasteiger partial charge in [-0.25, -0.2) is 0 Å². The fourth-order valence-corrected chi connectivity index (χ4v) is 5.11. The number of carbonyl (C=O) groups excluding carboxylic acids is 1. The number of anilines is 1. The first-order valence-corrected chi connectivity index (χ1v) is 9.88. The van der Waals surface area contributed by atoms with Gasteiger partial charge in [0.05, 0.1) is 11.9 Å². The number of amides is 1. The summed E-state index contributed by atoms with van der Waals surface area (Å²) in [7, 11) is 3.67. The molecule has 0 aromatic carbocycles. The normalized spacial score (nSPS) is 28.9. The Morgan fingerprint density at radius 3 is 2.85 bits per heavy atom. The highest BCUT2D eigenvalue weighted by Gasteiger charge is 2.38. The van der Waals surface area contributed by atoms with Gasteiger partial charge in [0.2, 0.25) is 5.91 Å². The predicted octanol–water partition coefficient (Wildman–Crippen LogP) is 1.47. The maximum atomic E-state index is 12.6. The molecule has 1 aromatic rings. The number of carbonyl (C=O) groups is 1. The molecule has 1 N–H and O–H groups in total. The van der Waals surface area contributed by atoms with Crippen molar-refractivity contribution in [3.8, 4) is 0 Å². The molecule has 3 atom stereocenters. The van der Waals surface area contributed by atoms with Gasteiger partial charge in [0.1, 0.15) is 6.54 Å². The Kier molecular flexibility index (Phi) is 4.87. The summed E-state index contributed by atoms with van der Waals surface area (Å²) in [6, 6.07) is 0. The Morgan fingerprint density at radius 2 is 2.23 bits per heavy atom. The van der Waals surface area contributed by atoms with E-state index < -0.39 is 0 Å². The van der Waals surface area contributed by atoms with Crippen molar-refractivity contribution in [2.24, 2.45) is 29.8 Å². The number of aryl methyl sites for hydroxylation is 1. The number of aliphatic imine (C=N–C) groups is 1. The quantitative estimate of drug-likeness (QED) is 0.654. The largest absolute Gasteiger partial charge is 0.356 e. The lowest BCUT2D eigenvalue weighted by atomic mass is 9.86. The molecular formula is C19H30N6O. The first kappa shape index (κ1) is 17.4. The maximum Gasteiger partial charge on any atom is 0.246 e. The van der Waals surface area contributed by atoms with E-state index in [1.54, 1.807) is 17.9 Å². The van der Waals surface area contributed by atoms with Crippen LogP contribution in [0.25, 0.3) is 0 Å². The zero-order valence-corrected chi connectivity index (χ0v) is 15.9. The van der Waals surface area contributed by atoms with E-state index in [9.17, 15) is 4.79 Å². The highest BCUT2D eigenvalue weighted by atomic mass is 16.2. The van der Waals surface area contributed by atoms with Crippen molar-refractivity contribution in [2.75, 3.05) is 38.1 Å². The standard InChI is InChI=1S/C19H30N6O/c1-20-19(21-6-5-16-10-14-3-4-15(16)9-14)24-7-8-25(18(26)13-24)17-11-22-23(2)12-17/h11-12,14-16H,3-10,13H2,1-2H3,(H,20,21). The van der Waals surface area contributed by atoms with Crippen LogP contribution in [0.5, 0.6) is 0 Å². The number of hydrogen-bond acceptors (Lipinski definition) is 3. The van der Waals surface area contributed by atoms with Gasteiger partial charge < -0.3 is 15.1 Å². The summed E-state index contributed by atoms with van der Waals surface area (Å²) in [6.45, 7) is 2.77. The number of hydrogen-bond donors (Lipinski definition) is 1. The Morgan fingerprint density at radius 1 is 1.35 bits per heavy atom. The van der Waals surface area contributed by atoms with Crippen LogP contribution < -0.4 is 10.2 Å². The second-order valence-corrected chi connectivity index (χ2v) is 8.04. The molecule has 0 spiro atoms. The van der Waals surface area contributed by atoms with E-state index in [4.69, 9.17) is 0 Å². The summed E-state index contributed by atoms with van der Waals surface area (Å²) in [5, 5.41) is 7.66. The smallest absolute Gasteiger partial charge is 0.246 e. The zero-order valence-electron chi connectivity index (χ0n) is 15.9. The number of aromatic nitrogens is 2. The van der Waals surface area contributed by atoms with E-state index in [0.29, 0.717) is 13.1 Å². The molecule has 1 amide bonds. The fraction of sp³-hybridized carbons (Fsp3) is 0.737. The lowest BCUT2D eigenvalue weighted by molar-refractivity contribution is -0.120. The van der Waals surface area contributed by atoms with Crippen LogP contribution in [0.2, 0.25) is 0 Å². The molecule has 2 heterocycles. The molecular weight excluding hydrogens is 328 g/mol. The van der Waals surface area contributed by atoms with Gasteiger partial charge in [-0.15, -0.1) is 0 Å². The first-order chi connectivity index (χ1) is 12.6. The summed E-state index contributed by atoms with van der Waals surface area (Å²) in [5.74, 6) is 3.81. The summed E-state index contributed by atoms with van der Waals surface area (Å²) in [6.07, 6.45) is 10.6. The molecule has 26 heavy (non-hydrogen) atoms. The lowest BCUT2D eigenvalue weighted by Gasteiger charge is -2.35. The molecule has 2 bridgehead atoms. The van der Waals surface area contributed by atoms with E-state index in [2.05, 4.69) is 20.3 Å². The second-order valence-electron chi connectivity index (χ2n) is 8.04. The molecule has 3 aliphatic rings. The monoisotopic (exact) mass is 358 g/mol. The Balaban J connectivity index is 1.27. The topological polar surface area (TPSA) is 65.8 Å². The zero-order chi connectivity index (χ0) is 18.1. The molecule has 7 heteroatoms. The van der Waals surface area contributed by atoms with Crippen molar-refractivity contribution in [3.63, 3.8) is 0 Å². The molecule has 2 aliphatic carbocycles. The van der Waals surface area contributed by atoms with Crippen LogP contribution in [0.15, 0.2) is 17.4 Å². The van der Waals surface area contributed by atoms with Crippen LogP contribution in [-0.2, 0) is 11.8 Å². The van der Waals surface area contributed by atoms with Crippen LogP contribution in [0.3, 0.4) is 0 Å². The van der Waals surface area contributed by atoms with Gasteiger partial charge in [0.15, 0.2) is 5.96 Å². The summed E-state index contributed by atoms with van der Waals surface area (Å²) >= 11 is 0. The van der Waals surface area contributed by atoms with Gasteiger partial charge >= 0.3 is 0 Å². The average molecular weight is 358 g/mol. The minimum absolute atomic E-state index is 0.0975. The van der Waals surface area contributed by atoms with Crippen LogP contribution >= 0.6 is 0 Å². The van der Waals surface area contributed by atoms with Crippen molar-refractivity contribution in [2.45, 2.75) is 32.1 Å². The third-order valence-corrected chi connectivity index (χ3v) is 6.42. The fourth-order valence-electron chi connectivity index (χ4n) is 5.11. The summed E-state index contributed by atoms with van der Waals surface area (Å²) < 4.78 is 1.73. The van der Waals surface area contributed by atoms with Crippen LogP contribution in [0.4, 0.5) is 5.69 Å². The highest BCUT2D eigenvalue weighted by Crippen LogP contribution is 2.49.